The summed E-state index contributed by atoms with van der Waals surface area (Å²) in [5.74, 6) is -0.648. The van der Waals surface area contributed by atoms with E-state index in [1.54, 1.807) is 0 Å². The van der Waals surface area contributed by atoms with Gasteiger partial charge in [0.1, 0.15) is 11.5 Å². The lowest BCUT2D eigenvalue weighted by Gasteiger charge is -2.35. The predicted octanol–water partition coefficient (Wildman–Crippen LogP) is 1.38. The summed E-state index contributed by atoms with van der Waals surface area (Å²) in [7, 11) is 0. The fraction of sp³-hybridized carbons (Fsp3) is 0.533. The molecule has 0 radical (unpaired) electrons. The molecule has 126 valence electrons. The maximum absolute atomic E-state index is 13.2. The highest BCUT2D eigenvalue weighted by molar-refractivity contribution is 5.78. The molecular weight excluding hydrogens is 303 g/mol. The number of anilines is 1. The molecule has 0 saturated carbocycles. The number of hydrogen-bond donors (Lipinski definition) is 1. The number of rotatable bonds is 5. The first-order valence-electron chi connectivity index (χ1n) is 7.57. The Morgan fingerprint density at radius 3 is 2.57 bits per heavy atom. The second-order valence-corrected chi connectivity index (χ2v) is 5.88. The quantitative estimate of drug-likeness (QED) is 0.654. The van der Waals surface area contributed by atoms with Gasteiger partial charge in [-0.15, -0.1) is 0 Å². The van der Waals surface area contributed by atoms with E-state index in [-0.39, 0.29) is 17.6 Å². The number of nitro groups is 1. The number of hydrogen-bond acceptors (Lipinski definition) is 5. The molecule has 0 spiro atoms. The van der Waals surface area contributed by atoms with E-state index in [0.717, 1.165) is 6.07 Å². The highest BCUT2D eigenvalue weighted by Gasteiger charge is 2.25. The third-order valence-corrected chi connectivity index (χ3v) is 3.66. The zero-order valence-electron chi connectivity index (χ0n) is 13.3. The number of carbonyl (C=O) groups excluding carboxylic acids is 1. The van der Waals surface area contributed by atoms with Crippen molar-refractivity contribution in [2.24, 2.45) is 0 Å². The summed E-state index contributed by atoms with van der Waals surface area (Å²) in [6, 6.07) is 3.71. The Morgan fingerprint density at radius 1 is 1.35 bits per heavy atom. The van der Waals surface area contributed by atoms with Crippen LogP contribution in [0.4, 0.5) is 15.8 Å². The van der Waals surface area contributed by atoms with Crippen LogP contribution >= 0.6 is 0 Å². The van der Waals surface area contributed by atoms with E-state index in [1.807, 2.05) is 23.6 Å². The minimum absolute atomic E-state index is 0.0267. The summed E-state index contributed by atoms with van der Waals surface area (Å²) in [4.78, 5) is 26.1. The standard InChI is InChI=1S/C15H21FN4O3/c1-11(2)17-15(21)10-18-5-7-19(8-6-18)13-4-3-12(16)9-14(13)20(22)23/h3-4,9,11H,5-8,10H2,1-2H3,(H,17,21). The van der Waals surface area contributed by atoms with Crippen LogP contribution in [0.25, 0.3) is 0 Å². The molecule has 1 aliphatic rings. The number of nitro benzene ring substituents is 1. The first-order valence-corrected chi connectivity index (χ1v) is 7.57. The van der Waals surface area contributed by atoms with Crippen LogP contribution in [-0.2, 0) is 4.79 Å². The number of nitrogens with zero attached hydrogens (tertiary/aromatic N) is 3. The lowest BCUT2D eigenvalue weighted by Crippen LogP contribution is -2.50. The van der Waals surface area contributed by atoms with Gasteiger partial charge in [-0.2, -0.15) is 0 Å². The normalized spacial score (nSPS) is 15.7. The molecule has 1 saturated heterocycles. The topological polar surface area (TPSA) is 78.7 Å². The van der Waals surface area contributed by atoms with Crippen molar-refractivity contribution in [1.29, 1.82) is 0 Å². The number of piperazine rings is 1. The summed E-state index contributed by atoms with van der Waals surface area (Å²) < 4.78 is 13.2. The van der Waals surface area contributed by atoms with Crippen molar-refractivity contribution < 1.29 is 14.1 Å². The Bertz CT molecular complexity index is 586. The Kier molecular flexibility index (Phi) is 5.49. The highest BCUT2D eigenvalue weighted by Crippen LogP contribution is 2.29. The molecule has 0 aliphatic carbocycles. The Labute approximate surface area is 134 Å². The Balaban J connectivity index is 1.97. The second kappa shape index (κ2) is 7.36. The molecule has 7 nitrogen and oxygen atoms in total. The maximum atomic E-state index is 13.2. The van der Waals surface area contributed by atoms with E-state index in [1.165, 1.54) is 12.1 Å². The second-order valence-electron chi connectivity index (χ2n) is 5.88. The monoisotopic (exact) mass is 324 g/mol. The lowest BCUT2D eigenvalue weighted by atomic mass is 10.2. The van der Waals surface area contributed by atoms with E-state index < -0.39 is 10.7 Å². The third kappa shape index (κ3) is 4.62. The van der Waals surface area contributed by atoms with Gasteiger partial charge in [-0.1, -0.05) is 0 Å². The first kappa shape index (κ1) is 17.1. The summed E-state index contributed by atoms with van der Waals surface area (Å²) in [6.45, 7) is 6.49. The van der Waals surface area contributed by atoms with Gasteiger partial charge in [0.25, 0.3) is 5.69 Å². The van der Waals surface area contributed by atoms with Gasteiger partial charge in [0.15, 0.2) is 0 Å². The van der Waals surface area contributed by atoms with Crippen LogP contribution < -0.4 is 10.2 Å². The average molecular weight is 324 g/mol. The van der Waals surface area contributed by atoms with Crippen molar-refractivity contribution in [3.8, 4) is 0 Å². The fourth-order valence-electron chi connectivity index (χ4n) is 2.63. The number of carbonyl (C=O) groups is 1. The number of benzene rings is 1. The molecule has 8 heteroatoms. The van der Waals surface area contributed by atoms with Gasteiger partial charge in [-0.25, -0.2) is 4.39 Å². The van der Waals surface area contributed by atoms with Gasteiger partial charge < -0.3 is 10.2 Å². The summed E-state index contributed by atoms with van der Waals surface area (Å²) in [5.41, 5.74) is 0.193. The van der Waals surface area contributed by atoms with Crippen molar-refractivity contribution in [3.05, 3.63) is 34.1 Å². The van der Waals surface area contributed by atoms with Gasteiger partial charge in [-0.3, -0.25) is 19.8 Å². The number of halogens is 1. The average Bonchev–Trinajstić information content (AvgIpc) is 2.47. The largest absolute Gasteiger partial charge is 0.363 e. The minimum atomic E-state index is -0.621. The predicted molar refractivity (Wildman–Crippen MR) is 85.0 cm³/mol. The molecule has 1 aromatic rings. The molecule has 1 amide bonds. The molecule has 2 rings (SSSR count). The lowest BCUT2D eigenvalue weighted by molar-refractivity contribution is -0.384. The van der Waals surface area contributed by atoms with Gasteiger partial charge in [0, 0.05) is 32.2 Å². The molecule has 1 aliphatic heterocycles. The maximum Gasteiger partial charge on any atom is 0.295 e. The minimum Gasteiger partial charge on any atom is -0.363 e. The van der Waals surface area contributed by atoms with Crippen molar-refractivity contribution in [1.82, 2.24) is 10.2 Å². The molecule has 1 heterocycles. The Hall–Kier alpha value is -2.22. The van der Waals surface area contributed by atoms with Gasteiger partial charge in [0.2, 0.25) is 5.91 Å². The van der Waals surface area contributed by atoms with Crippen LogP contribution in [0.2, 0.25) is 0 Å². The van der Waals surface area contributed by atoms with E-state index >= 15 is 0 Å². The van der Waals surface area contributed by atoms with Crippen molar-refractivity contribution >= 4 is 17.3 Å². The number of nitrogens with one attached hydrogen (secondary N) is 1. The van der Waals surface area contributed by atoms with Crippen LogP contribution in [0, 0.1) is 15.9 Å². The molecule has 1 N–H and O–H groups in total. The van der Waals surface area contributed by atoms with Crippen LogP contribution in [-0.4, -0.2) is 54.5 Å². The summed E-state index contributed by atoms with van der Waals surface area (Å²) in [5, 5.41) is 13.9. The molecule has 1 fully saturated rings. The van der Waals surface area contributed by atoms with Crippen LogP contribution in [0.3, 0.4) is 0 Å². The molecule has 0 bridgehead atoms. The first-order chi connectivity index (χ1) is 10.9. The summed E-state index contributed by atoms with van der Waals surface area (Å²) in [6.07, 6.45) is 0. The molecule has 23 heavy (non-hydrogen) atoms. The Morgan fingerprint density at radius 2 is 2.00 bits per heavy atom. The van der Waals surface area contributed by atoms with E-state index in [9.17, 15) is 19.3 Å². The van der Waals surface area contributed by atoms with Gasteiger partial charge >= 0.3 is 0 Å². The highest BCUT2D eigenvalue weighted by atomic mass is 19.1. The van der Waals surface area contributed by atoms with Crippen molar-refractivity contribution in [2.75, 3.05) is 37.6 Å². The molecular formula is C15H21FN4O3. The van der Waals surface area contributed by atoms with Crippen LogP contribution in [0.5, 0.6) is 0 Å². The van der Waals surface area contributed by atoms with E-state index in [2.05, 4.69) is 5.32 Å². The fourth-order valence-corrected chi connectivity index (χ4v) is 2.63. The van der Waals surface area contributed by atoms with Crippen LogP contribution in [0.15, 0.2) is 18.2 Å². The van der Waals surface area contributed by atoms with Crippen molar-refractivity contribution in [3.63, 3.8) is 0 Å². The molecule has 0 unspecified atom stereocenters. The van der Waals surface area contributed by atoms with E-state index in [0.29, 0.717) is 38.4 Å². The molecule has 0 atom stereocenters. The molecule has 0 aromatic heterocycles. The zero-order chi connectivity index (χ0) is 17.0. The number of amides is 1. The van der Waals surface area contributed by atoms with Crippen molar-refractivity contribution in [2.45, 2.75) is 19.9 Å². The molecule has 1 aromatic carbocycles. The van der Waals surface area contributed by atoms with Crippen LogP contribution in [0.1, 0.15) is 13.8 Å². The van der Waals surface area contributed by atoms with E-state index in [4.69, 9.17) is 0 Å². The SMILES string of the molecule is CC(C)NC(=O)CN1CCN(c2ccc(F)cc2[N+](=O)[O-])CC1. The summed E-state index contributed by atoms with van der Waals surface area (Å²) >= 11 is 0. The zero-order valence-corrected chi connectivity index (χ0v) is 13.3. The third-order valence-electron chi connectivity index (χ3n) is 3.66. The van der Waals surface area contributed by atoms with Gasteiger partial charge in [-0.05, 0) is 26.0 Å². The smallest absolute Gasteiger partial charge is 0.295 e. The van der Waals surface area contributed by atoms with Gasteiger partial charge in [0.05, 0.1) is 17.5 Å².